The number of unbranched alkanes of at least 4 members (excludes halogenated alkanes) is 2. The molecule has 2 rings (SSSR count). The van der Waals surface area contributed by atoms with Gasteiger partial charge in [-0.1, -0.05) is 44.7 Å². The van der Waals surface area contributed by atoms with E-state index < -0.39 is 0 Å². The molecule has 21 heavy (non-hydrogen) atoms. The van der Waals surface area contributed by atoms with Gasteiger partial charge in [-0.3, -0.25) is 4.79 Å². The maximum Gasteiger partial charge on any atom is 0.251 e. The van der Waals surface area contributed by atoms with Crippen molar-refractivity contribution < 1.29 is 4.79 Å². The van der Waals surface area contributed by atoms with Gasteiger partial charge in [-0.15, -0.1) is 0 Å². The first kappa shape index (κ1) is 16.1. The molecular formula is C19H29NO. The summed E-state index contributed by atoms with van der Waals surface area (Å²) in [6.45, 7) is 2.28. The van der Waals surface area contributed by atoms with Crippen LogP contribution in [0.4, 0.5) is 0 Å². The summed E-state index contributed by atoms with van der Waals surface area (Å²) in [4.78, 5) is 11.6. The van der Waals surface area contributed by atoms with Crippen LogP contribution >= 0.6 is 0 Å². The third-order valence-electron chi connectivity index (χ3n) is 4.93. The number of hydrogen-bond donors (Lipinski definition) is 1. The zero-order valence-electron chi connectivity index (χ0n) is 13.5. The van der Waals surface area contributed by atoms with Crippen molar-refractivity contribution in [3.05, 3.63) is 35.4 Å². The second kappa shape index (κ2) is 8.21. The van der Waals surface area contributed by atoms with Crippen LogP contribution in [0.3, 0.4) is 0 Å². The van der Waals surface area contributed by atoms with Gasteiger partial charge in [0, 0.05) is 12.6 Å². The minimum atomic E-state index is 0.00109. The Morgan fingerprint density at radius 3 is 2.33 bits per heavy atom. The Bertz CT molecular complexity index is 429. The number of amides is 1. The van der Waals surface area contributed by atoms with E-state index in [2.05, 4.69) is 24.4 Å². The molecule has 1 amide bonds. The SMILES string of the molecule is CCCCCC1CCC(c2ccc(C(=O)NC)cc2)CC1. The molecule has 0 radical (unpaired) electrons. The van der Waals surface area contributed by atoms with E-state index in [-0.39, 0.29) is 5.91 Å². The lowest BCUT2D eigenvalue weighted by Gasteiger charge is -2.29. The number of carbonyl (C=O) groups is 1. The molecule has 0 unspecified atom stereocenters. The Kier molecular flexibility index (Phi) is 6.28. The molecule has 1 aromatic carbocycles. The lowest BCUT2D eigenvalue weighted by Crippen LogP contribution is -2.18. The quantitative estimate of drug-likeness (QED) is 0.741. The van der Waals surface area contributed by atoms with Gasteiger partial charge in [0.15, 0.2) is 0 Å². The fourth-order valence-corrected chi connectivity index (χ4v) is 3.52. The summed E-state index contributed by atoms with van der Waals surface area (Å²) < 4.78 is 0. The number of nitrogens with one attached hydrogen (secondary N) is 1. The second-order valence-electron chi connectivity index (χ2n) is 6.41. The van der Waals surface area contributed by atoms with Gasteiger partial charge < -0.3 is 5.32 Å². The largest absolute Gasteiger partial charge is 0.355 e. The molecule has 1 N–H and O–H groups in total. The standard InChI is InChI=1S/C19H29NO/c1-3-4-5-6-15-7-9-16(10-8-15)17-11-13-18(14-12-17)19(21)20-2/h11-16H,3-10H2,1-2H3,(H,20,21). The van der Waals surface area contributed by atoms with Crippen LogP contribution in [0.25, 0.3) is 0 Å². The molecule has 1 aliphatic rings. The first-order valence-electron chi connectivity index (χ1n) is 8.56. The maximum absolute atomic E-state index is 11.6. The molecule has 0 atom stereocenters. The lowest BCUT2D eigenvalue weighted by molar-refractivity contribution is 0.0963. The summed E-state index contributed by atoms with van der Waals surface area (Å²) in [5.41, 5.74) is 2.17. The van der Waals surface area contributed by atoms with Gasteiger partial charge in [-0.25, -0.2) is 0 Å². The summed E-state index contributed by atoms with van der Waals surface area (Å²) in [5.74, 6) is 1.66. The molecular weight excluding hydrogens is 258 g/mol. The van der Waals surface area contributed by atoms with Gasteiger partial charge in [0.25, 0.3) is 5.91 Å². The smallest absolute Gasteiger partial charge is 0.251 e. The van der Waals surface area contributed by atoms with E-state index >= 15 is 0 Å². The van der Waals surface area contributed by atoms with Crippen molar-refractivity contribution in [2.45, 2.75) is 64.2 Å². The zero-order valence-corrected chi connectivity index (χ0v) is 13.5. The molecule has 0 aliphatic heterocycles. The van der Waals surface area contributed by atoms with Crippen molar-refractivity contribution in [1.82, 2.24) is 5.32 Å². The highest BCUT2D eigenvalue weighted by molar-refractivity contribution is 5.93. The van der Waals surface area contributed by atoms with E-state index in [0.717, 1.165) is 11.5 Å². The monoisotopic (exact) mass is 287 g/mol. The molecule has 116 valence electrons. The topological polar surface area (TPSA) is 29.1 Å². The van der Waals surface area contributed by atoms with E-state index in [1.165, 1.54) is 56.9 Å². The van der Waals surface area contributed by atoms with E-state index in [9.17, 15) is 4.79 Å². The Morgan fingerprint density at radius 1 is 1.10 bits per heavy atom. The predicted octanol–water partition coefficient (Wildman–Crippen LogP) is 4.90. The normalized spacial score (nSPS) is 22.0. The van der Waals surface area contributed by atoms with Gasteiger partial charge in [-0.2, -0.15) is 0 Å². The van der Waals surface area contributed by atoms with Gasteiger partial charge >= 0.3 is 0 Å². The summed E-state index contributed by atoms with van der Waals surface area (Å²) in [7, 11) is 1.68. The number of hydrogen-bond acceptors (Lipinski definition) is 1. The first-order valence-corrected chi connectivity index (χ1v) is 8.56. The van der Waals surface area contributed by atoms with Crippen molar-refractivity contribution in [1.29, 1.82) is 0 Å². The number of benzene rings is 1. The molecule has 0 aromatic heterocycles. The summed E-state index contributed by atoms with van der Waals surface area (Å²) in [5, 5.41) is 2.67. The zero-order chi connectivity index (χ0) is 15.1. The van der Waals surface area contributed by atoms with Crippen LogP contribution in [0, 0.1) is 5.92 Å². The van der Waals surface area contributed by atoms with Gasteiger partial charge in [0.05, 0.1) is 0 Å². The van der Waals surface area contributed by atoms with Crippen LogP contribution in [-0.2, 0) is 0 Å². The Balaban J connectivity index is 1.83. The van der Waals surface area contributed by atoms with Crippen LogP contribution in [0.15, 0.2) is 24.3 Å². The van der Waals surface area contributed by atoms with Crippen molar-refractivity contribution >= 4 is 5.91 Å². The predicted molar refractivity (Wildman–Crippen MR) is 88.7 cm³/mol. The molecule has 1 saturated carbocycles. The van der Waals surface area contributed by atoms with Crippen LogP contribution in [0.1, 0.15) is 80.1 Å². The third-order valence-corrected chi connectivity index (χ3v) is 4.93. The Labute approximate surface area is 129 Å². The average Bonchev–Trinajstić information content (AvgIpc) is 2.55. The molecule has 0 heterocycles. The minimum absolute atomic E-state index is 0.00109. The van der Waals surface area contributed by atoms with E-state index in [0.29, 0.717) is 5.92 Å². The average molecular weight is 287 g/mol. The van der Waals surface area contributed by atoms with Gasteiger partial charge in [0.2, 0.25) is 0 Å². The summed E-state index contributed by atoms with van der Waals surface area (Å²) >= 11 is 0. The van der Waals surface area contributed by atoms with Crippen molar-refractivity contribution in [3.8, 4) is 0 Å². The van der Waals surface area contributed by atoms with Crippen molar-refractivity contribution in [2.75, 3.05) is 7.05 Å². The van der Waals surface area contributed by atoms with Crippen LogP contribution < -0.4 is 5.32 Å². The highest BCUT2D eigenvalue weighted by atomic mass is 16.1. The molecule has 1 fully saturated rings. The molecule has 1 aliphatic carbocycles. The Hall–Kier alpha value is -1.31. The minimum Gasteiger partial charge on any atom is -0.355 e. The van der Waals surface area contributed by atoms with Crippen LogP contribution in [0.2, 0.25) is 0 Å². The van der Waals surface area contributed by atoms with Crippen LogP contribution in [0.5, 0.6) is 0 Å². The molecule has 0 saturated heterocycles. The van der Waals surface area contributed by atoms with Gasteiger partial charge in [-0.05, 0) is 55.2 Å². The van der Waals surface area contributed by atoms with E-state index in [4.69, 9.17) is 0 Å². The highest BCUT2D eigenvalue weighted by Gasteiger charge is 2.22. The van der Waals surface area contributed by atoms with Crippen molar-refractivity contribution in [2.24, 2.45) is 5.92 Å². The summed E-state index contributed by atoms with van der Waals surface area (Å²) in [6.07, 6.45) is 10.9. The van der Waals surface area contributed by atoms with Crippen molar-refractivity contribution in [3.63, 3.8) is 0 Å². The lowest BCUT2D eigenvalue weighted by atomic mass is 9.77. The fourth-order valence-electron chi connectivity index (χ4n) is 3.52. The first-order chi connectivity index (χ1) is 10.2. The Morgan fingerprint density at radius 2 is 1.76 bits per heavy atom. The molecule has 0 bridgehead atoms. The summed E-state index contributed by atoms with van der Waals surface area (Å²) in [6, 6.07) is 8.21. The maximum atomic E-state index is 11.6. The molecule has 2 nitrogen and oxygen atoms in total. The van der Waals surface area contributed by atoms with E-state index in [1.807, 2.05) is 12.1 Å². The number of rotatable bonds is 6. The molecule has 0 spiro atoms. The third kappa shape index (κ3) is 4.59. The molecule has 1 aromatic rings. The van der Waals surface area contributed by atoms with Crippen LogP contribution in [-0.4, -0.2) is 13.0 Å². The highest BCUT2D eigenvalue weighted by Crippen LogP contribution is 2.37. The number of carbonyl (C=O) groups excluding carboxylic acids is 1. The second-order valence-corrected chi connectivity index (χ2v) is 6.41. The fraction of sp³-hybridized carbons (Fsp3) is 0.632. The van der Waals surface area contributed by atoms with E-state index in [1.54, 1.807) is 7.05 Å². The van der Waals surface area contributed by atoms with Gasteiger partial charge in [0.1, 0.15) is 0 Å². The molecule has 2 heteroatoms.